The van der Waals surface area contributed by atoms with Gasteiger partial charge in [-0.05, 0) is 30.3 Å². The minimum atomic E-state index is -4.49. The Bertz CT molecular complexity index is 776. The van der Waals surface area contributed by atoms with E-state index < -0.39 is 23.8 Å². The first kappa shape index (κ1) is 17.1. The van der Waals surface area contributed by atoms with Crippen molar-refractivity contribution in [3.05, 3.63) is 59.7 Å². The standard InChI is InChI=1S/C18H16F3NO3/c1-22(10-14-11-24-15-7-2-3-8-16(15)25-14)17(23)12-5-4-6-13(9-12)18(19,20)21/h2-9,14H,10-11H2,1H3. The van der Waals surface area contributed by atoms with Crippen LogP contribution in [0.2, 0.25) is 0 Å². The van der Waals surface area contributed by atoms with Gasteiger partial charge in [0.15, 0.2) is 17.6 Å². The van der Waals surface area contributed by atoms with E-state index in [4.69, 9.17) is 9.47 Å². The van der Waals surface area contributed by atoms with E-state index in [-0.39, 0.29) is 18.7 Å². The van der Waals surface area contributed by atoms with Crippen LogP contribution in [0.1, 0.15) is 15.9 Å². The van der Waals surface area contributed by atoms with E-state index in [9.17, 15) is 18.0 Å². The molecule has 1 atom stereocenters. The normalized spacial score (nSPS) is 16.4. The number of nitrogens with zero attached hydrogens (tertiary/aromatic N) is 1. The predicted molar refractivity (Wildman–Crippen MR) is 84.8 cm³/mol. The van der Waals surface area contributed by atoms with Crippen molar-refractivity contribution < 1.29 is 27.4 Å². The Labute approximate surface area is 142 Å². The summed E-state index contributed by atoms with van der Waals surface area (Å²) >= 11 is 0. The largest absolute Gasteiger partial charge is 0.486 e. The smallest absolute Gasteiger partial charge is 0.416 e. The van der Waals surface area contributed by atoms with E-state index in [1.165, 1.54) is 24.1 Å². The minimum absolute atomic E-state index is 0.0190. The van der Waals surface area contributed by atoms with Gasteiger partial charge in [0.05, 0.1) is 12.1 Å². The van der Waals surface area contributed by atoms with E-state index in [0.717, 1.165) is 12.1 Å². The Morgan fingerprint density at radius 3 is 2.60 bits per heavy atom. The Kier molecular flexibility index (Phi) is 4.57. The number of carbonyl (C=O) groups is 1. The monoisotopic (exact) mass is 351 g/mol. The Morgan fingerprint density at radius 2 is 1.88 bits per heavy atom. The summed E-state index contributed by atoms with van der Waals surface area (Å²) in [4.78, 5) is 13.7. The van der Waals surface area contributed by atoms with Gasteiger partial charge >= 0.3 is 6.18 Å². The highest BCUT2D eigenvalue weighted by Crippen LogP contribution is 2.31. The molecule has 1 unspecified atom stereocenters. The van der Waals surface area contributed by atoms with Crippen molar-refractivity contribution in [1.82, 2.24) is 4.90 Å². The molecule has 0 saturated carbocycles. The number of fused-ring (bicyclic) bond motifs is 1. The molecule has 1 heterocycles. The first-order chi connectivity index (χ1) is 11.8. The van der Waals surface area contributed by atoms with Crippen LogP contribution < -0.4 is 9.47 Å². The van der Waals surface area contributed by atoms with Crippen LogP contribution in [0, 0.1) is 0 Å². The number of alkyl halides is 3. The van der Waals surface area contributed by atoms with Gasteiger partial charge in [-0.2, -0.15) is 13.2 Å². The molecule has 1 aliphatic rings. The van der Waals surface area contributed by atoms with Gasteiger partial charge in [-0.3, -0.25) is 4.79 Å². The van der Waals surface area contributed by atoms with Crippen molar-refractivity contribution in [2.75, 3.05) is 20.2 Å². The summed E-state index contributed by atoms with van der Waals surface area (Å²) in [6.45, 7) is 0.459. The number of carbonyl (C=O) groups excluding carboxylic acids is 1. The maximum atomic E-state index is 12.8. The van der Waals surface area contributed by atoms with Crippen molar-refractivity contribution >= 4 is 5.91 Å². The second-order valence-corrected chi connectivity index (χ2v) is 5.76. The lowest BCUT2D eigenvalue weighted by Gasteiger charge is -2.29. The lowest BCUT2D eigenvalue weighted by Crippen LogP contribution is -2.41. The van der Waals surface area contributed by atoms with E-state index in [2.05, 4.69) is 0 Å². The summed E-state index contributed by atoms with van der Waals surface area (Å²) in [5, 5.41) is 0. The van der Waals surface area contributed by atoms with Crippen LogP contribution in [0.15, 0.2) is 48.5 Å². The number of ether oxygens (including phenoxy) is 2. The topological polar surface area (TPSA) is 38.8 Å². The number of benzene rings is 2. The number of rotatable bonds is 3. The molecule has 0 radical (unpaired) electrons. The van der Waals surface area contributed by atoms with Gasteiger partial charge in [0.25, 0.3) is 5.91 Å². The highest BCUT2D eigenvalue weighted by atomic mass is 19.4. The summed E-state index contributed by atoms with van der Waals surface area (Å²) in [6, 6.07) is 11.5. The molecule has 4 nitrogen and oxygen atoms in total. The van der Waals surface area contributed by atoms with Crippen LogP contribution in [-0.4, -0.2) is 37.1 Å². The number of hydrogen-bond acceptors (Lipinski definition) is 3. The van der Waals surface area contributed by atoms with Crippen LogP contribution in [0.3, 0.4) is 0 Å². The average Bonchev–Trinajstić information content (AvgIpc) is 2.60. The van der Waals surface area contributed by atoms with Crippen molar-refractivity contribution in [3.8, 4) is 11.5 Å². The number of amides is 1. The Balaban J connectivity index is 1.68. The molecular formula is C18H16F3NO3. The Morgan fingerprint density at radius 1 is 1.16 bits per heavy atom. The molecular weight excluding hydrogens is 335 g/mol. The van der Waals surface area contributed by atoms with Crippen LogP contribution in [0.5, 0.6) is 11.5 Å². The summed E-state index contributed by atoms with van der Waals surface area (Å²) in [5.41, 5.74) is -0.868. The van der Waals surface area contributed by atoms with Crippen LogP contribution in [-0.2, 0) is 6.18 Å². The van der Waals surface area contributed by atoms with Gasteiger partial charge in [-0.25, -0.2) is 0 Å². The third kappa shape index (κ3) is 3.87. The second-order valence-electron chi connectivity index (χ2n) is 5.76. The van der Waals surface area contributed by atoms with Gasteiger partial charge in [-0.1, -0.05) is 18.2 Å². The summed E-state index contributed by atoms with van der Waals surface area (Å²) < 4.78 is 49.7. The molecule has 0 saturated heterocycles. The third-order valence-electron chi connectivity index (χ3n) is 3.83. The first-order valence-corrected chi connectivity index (χ1v) is 7.66. The highest BCUT2D eigenvalue weighted by molar-refractivity contribution is 5.94. The van der Waals surface area contributed by atoms with Crippen LogP contribution in [0.25, 0.3) is 0 Å². The molecule has 0 aliphatic carbocycles. The Hall–Kier alpha value is -2.70. The van der Waals surface area contributed by atoms with Crippen LogP contribution in [0.4, 0.5) is 13.2 Å². The lowest BCUT2D eigenvalue weighted by molar-refractivity contribution is -0.137. The number of hydrogen-bond donors (Lipinski definition) is 0. The van der Waals surface area contributed by atoms with Gasteiger partial charge < -0.3 is 14.4 Å². The quantitative estimate of drug-likeness (QED) is 0.848. The maximum Gasteiger partial charge on any atom is 0.416 e. The predicted octanol–water partition coefficient (Wildman–Crippen LogP) is 3.62. The van der Waals surface area contributed by atoms with E-state index in [0.29, 0.717) is 11.5 Å². The van der Waals surface area contributed by atoms with Crippen LogP contribution >= 0.6 is 0 Å². The zero-order chi connectivity index (χ0) is 18.0. The zero-order valence-electron chi connectivity index (χ0n) is 13.4. The molecule has 25 heavy (non-hydrogen) atoms. The SMILES string of the molecule is CN(CC1COc2ccccc2O1)C(=O)c1cccc(C(F)(F)F)c1. The number of para-hydroxylation sites is 2. The average molecular weight is 351 g/mol. The van der Waals surface area contributed by atoms with E-state index in [1.807, 2.05) is 12.1 Å². The van der Waals surface area contributed by atoms with Gasteiger partial charge in [0, 0.05) is 12.6 Å². The number of halogens is 3. The van der Waals surface area contributed by atoms with Crippen molar-refractivity contribution in [1.29, 1.82) is 0 Å². The molecule has 0 N–H and O–H groups in total. The molecule has 2 aromatic carbocycles. The van der Waals surface area contributed by atoms with Crippen molar-refractivity contribution in [2.24, 2.45) is 0 Å². The van der Waals surface area contributed by atoms with Crippen molar-refractivity contribution in [2.45, 2.75) is 12.3 Å². The van der Waals surface area contributed by atoms with Crippen molar-refractivity contribution in [3.63, 3.8) is 0 Å². The molecule has 3 rings (SSSR count). The summed E-state index contributed by atoms with van der Waals surface area (Å²) in [5.74, 6) is 0.706. The fourth-order valence-corrected chi connectivity index (χ4v) is 2.59. The van der Waals surface area contributed by atoms with Gasteiger partial charge in [-0.15, -0.1) is 0 Å². The molecule has 0 fully saturated rings. The maximum absolute atomic E-state index is 12.8. The van der Waals surface area contributed by atoms with Gasteiger partial charge in [0.2, 0.25) is 0 Å². The lowest BCUT2D eigenvalue weighted by atomic mass is 10.1. The molecule has 0 spiro atoms. The summed E-state index contributed by atoms with van der Waals surface area (Å²) in [6.07, 6.45) is -4.88. The molecule has 7 heteroatoms. The molecule has 0 aromatic heterocycles. The fourth-order valence-electron chi connectivity index (χ4n) is 2.59. The number of likely N-dealkylation sites (N-methyl/N-ethyl adjacent to an activating group) is 1. The summed E-state index contributed by atoms with van der Waals surface area (Å²) in [7, 11) is 1.52. The van der Waals surface area contributed by atoms with Gasteiger partial charge in [0.1, 0.15) is 6.61 Å². The third-order valence-corrected chi connectivity index (χ3v) is 3.83. The first-order valence-electron chi connectivity index (χ1n) is 7.66. The molecule has 1 aliphatic heterocycles. The molecule has 132 valence electrons. The molecule has 2 aromatic rings. The van der Waals surface area contributed by atoms with E-state index >= 15 is 0 Å². The minimum Gasteiger partial charge on any atom is -0.486 e. The highest BCUT2D eigenvalue weighted by Gasteiger charge is 2.31. The molecule has 1 amide bonds. The fraction of sp³-hybridized carbons (Fsp3) is 0.278. The van der Waals surface area contributed by atoms with E-state index in [1.54, 1.807) is 12.1 Å². The molecule has 0 bridgehead atoms. The second kappa shape index (κ2) is 6.66. The zero-order valence-corrected chi connectivity index (χ0v) is 13.4.